The van der Waals surface area contributed by atoms with E-state index in [2.05, 4.69) is 32.1 Å². The van der Waals surface area contributed by atoms with Gasteiger partial charge in [-0.2, -0.15) is 10.4 Å². The van der Waals surface area contributed by atoms with Crippen LogP contribution in [0.2, 0.25) is 0 Å². The van der Waals surface area contributed by atoms with Gasteiger partial charge in [-0.3, -0.25) is 14.6 Å². The van der Waals surface area contributed by atoms with Gasteiger partial charge in [0.05, 0.1) is 52.6 Å². The SMILES string of the molecule is COC(=O)NC1(c2ccc(Nc3cc(-c4ccc5cc(C#N)cnn45)ncc3C(=O)NC3CCC(CC(=O)C4CC4)CC3)cc2)CC1. The van der Waals surface area contributed by atoms with Crippen LogP contribution in [0.3, 0.4) is 0 Å². The number of amides is 2. The highest BCUT2D eigenvalue weighted by Gasteiger charge is 2.46. The zero-order chi connectivity index (χ0) is 32.5. The van der Waals surface area contributed by atoms with Crippen LogP contribution in [0, 0.1) is 23.2 Å². The Hall–Kier alpha value is -5.24. The molecule has 7 rings (SSSR count). The topological polar surface area (TPSA) is 151 Å². The minimum absolute atomic E-state index is 0.0340. The molecule has 0 saturated heterocycles. The summed E-state index contributed by atoms with van der Waals surface area (Å²) in [4.78, 5) is 42.6. The average Bonchev–Trinajstić information content (AvgIpc) is 4.03. The maximum Gasteiger partial charge on any atom is 0.407 e. The van der Waals surface area contributed by atoms with E-state index >= 15 is 0 Å². The van der Waals surface area contributed by atoms with E-state index < -0.39 is 11.6 Å². The van der Waals surface area contributed by atoms with Crippen molar-refractivity contribution >= 4 is 34.7 Å². The van der Waals surface area contributed by atoms with E-state index in [0.29, 0.717) is 46.5 Å². The summed E-state index contributed by atoms with van der Waals surface area (Å²) < 4.78 is 6.53. The van der Waals surface area contributed by atoms with Crippen LogP contribution in [0.25, 0.3) is 16.9 Å². The fourth-order valence-electron chi connectivity index (χ4n) is 6.65. The third-order valence-electron chi connectivity index (χ3n) is 9.74. The van der Waals surface area contributed by atoms with Crippen LogP contribution in [0.1, 0.15) is 79.3 Å². The maximum absolute atomic E-state index is 13.7. The van der Waals surface area contributed by atoms with Gasteiger partial charge in [0.25, 0.3) is 5.91 Å². The second kappa shape index (κ2) is 12.5. The normalized spacial score (nSPS) is 19.7. The van der Waals surface area contributed by atoms with Crippen LogP contribution >= 0.6 is 0 Å². The Bertz CT molecular complexity index is 1880. The van der Waals surface area contributed by atoms with Crippen LogP contribution in [0.4, 0.5) is 16.2 Å². The van der Waals surface area contributed by atoms with Gasteiger partial charge in [0, 0.05) is 30.3 Å². The van der Waals surface area contributed by atoms with Crippen molar-refractivity contribution in [2.24, 2.45) is 11.8 Å². The van der Waals surface area contributed by atoms with E-state index in [4.69, 9.17) is 4.74 Å². The molecular weight excluding hydrogens is 594 g/mol. The third-order valence-corrected chi connectivity index (χ3v) is 9.74. The smallest absolute Gasteiger partial charge is 0.407 e. The lowest BCUT2D eigenvalue weighted by Gasteiger charge is -2.29. The molecule has 11 nitrogen and oxygen atoms in total. The number of hydrogen-bond donors (Lipinski definition) is 3. The number of rotatable bonds is 10. The summed E-state index contributed by atoms with van der Waals surface area (Å²) >= 11 is 0. The van der Waals surface area contributed by atoms with Crippen molar-refractivity contribution < 1.29 is 19.1 Å². The largest absolute Gasteiger partial charge is 0.453 e. The number of aromatic nitrogens is 3. The van der Waals surface area contributed by atoms with Crippen LogP contribution in [-0.4, -0.2) is 45.5 Å². The van der Waals surface area contributed by atoms with Gasteiger partial charge in [0.1, 0.15) is 11.9 Å². The summed E-state index contributed by atoms with van der Waals surface area (Å²) in [6, 6.07) is 17.3. The molecule has 47 heavy (non-hydrogen) atoms. The molecule has 3 heterocycles. The van der Waals surface area contributed by atoms with E-state index in [-0.39, 0.29) is 11.9 Å². The average molecular weight is 632 g/mol. The van der Waals surface area contributed by atoms with Crippen molar-refractivity contribution in [3.8, 4) is 17.5 Å². The first-order chi connectivity index (χ1) is 22.8. The number of carbonyl (C=O) groups is 3. The van der Waals surface area contributed by atoms with Crippen molar-refractivity contribution in [1.82, 2.24) is 25.2 Å². The number of benzene rings is 1. The van der Waals surface area contributed by atoms with Gasteiger partial charge in [0.15, 0.2) is 0 Å². The van der Waals surface area contributed by atoms with E-state index in [1.807, 2.05) is 42.5 Å². The molecule has 0 radical (unpaired) electrons. The molecule has 0 bridgehead atoms. The summed E-state index contributed by atoms with van der Waals surface area (Å²) in [5, 5.41) is 23.3. The zero-order valence-electron chi connectivity index (χ0n) is 26.3. The van der Waals surface area contributed by atoms with Crippen LogP contribution < -0.4 is 16.0 Å². The van der Waals surface area contributed by atoms with Gasteiger partial charge >= 0.3 is 6.09 Å². The summed E-state index contributed by atoms with van der Waals surface area (Å²) in [6.45, 7) is 0. The summed E-state index contributed by atoms with van der Waals surface area (Å²) in [5.74, 6) is 0.907. The van der Waals surface area contributed by atoms with Gasteiger partial charge < -0.3 is 20.7 Å². The molecule has 3 fully saturated rings. The fourth-order valence-corrected chi connectivity index (χ4v) is 6.65. The number of nitrogens with one attached hydrogen (secondary N) is 3. The minimum atomic E-state index is -0.457. The lowest BCUT2D eigenvalue weighted by atomic mass is 9.82. The molecule has 11 heteroatoms. The number of hydrogen-bond acceptors (Lipinski definition) is 8. The number of methoxy groups -OCH3 is 1. The van der Waals surface area contributed by atoms with Crippen molar-refractivity contribution in [3.05, 3.63) is 77.6 Å². The molecule has 240 valence electrons. The molecule has 0 atom stereocenters. The Morgan fingerprint density at radius 2 is 1.77 bits per heavy atom. The van der Waals surface area contributed by atoms with Crippen molar-refractivity contribution in [1.29, 1.82) is 5.26 Å². The molecule has 3 saturated carbocycles. The highest BCUT2D eigenvalue weighted by atomic mass is 16.5. The van der Waals surface area contributed by atoms with Gasteiger partial charge in [-0.25, -0.2) is 9.31 Å². The summed E-state index contributed by atoms with van der Waals surface area (Å²) in [5.41, 5.74) is 4.89. The second-order valence-electron chi connectivity index (χ2n) is 13.1. The zero-order valence-corrected chi connectivity index (χ0v) is 26.3. The molecule has 0 aliphatic heterocycles. The molecule has 3 N–H and O–H groups in total. The van der Waals surface area contributed by atoms with E-state index in [9.17, 15) is 19.6 Å². The predicted molar refractivity (Wildman–Crippen MR) is 175 cm³/mol. The minimum Gasteiger partial charge on any atom is -0.453 e. The van der Waals surface area contributed by atoms with Crippen LogP contribution in [0.15, 0.2) is 60.9 Å². The van der Waals surface area contributed by atoms with Crippen molar-refractivity contribution in [2.75, 3.05) is 12.4 Å². The summed E-state index contributed by atoms with van der Waals surface area (Å²) in [6.07, 6.45) is 10.6. The van der Waals surface area contributed by atoms with Gasteiger partial charge in [-0.05, 0) is 99.2 Å². The Kier molecular flexibility index (Phi) is 8.10. The first-order valence-corrected chi connectivity index (χ1v) is 16.3. The molecule has 1 aromatic carbocycles. The first kappa shape index (κ1) is 30.4. The van der Waals surface area contributed by atoms with Gasteiger partial charge in [-0.1, -0.05) is 12.1 Å². The van der Waals surface area contributed by atoms with Crippen molar-refractivity contribution in [3.63, 3.8) is 0 Å². The van der Waals surface area contributed by atoms with Crippen LogP contribution in [0.5, 0.6) is 0 Å². The summed E-state index contributed by atoms with van der Waals surface area (Å²) in [7, 11) is 1.36. The van der Waals surface area contributed by atoms with E-state index in [0.717, 1.165) is 73.8 Å². The molecule has 3 aromatic heterocycles. The molecule has 0 unspecified atom stereocenters. The number of pyridine rings is 1. The molecule has 3 aliphatic rings. The van der Waals surface area contributed by atoms with E-state index in [1.54, 1.807) is 16.8 Å². The second-order valence-corrected chi connectivity index (χ2v) is 13.1. The van der Waals surface area contributed by atoms with Gasteiger partial charge in [0.2, 0.25) is 0 Å². The highest BCUT2D eigenvalue weighted by Crippen LogP contribution is 2.46. The number of fused-ring (bicyclic) bond motifs is 1. The first-order valence-electron chi connectivity index (χ1n) is 16.3. The number of nitriles is 1. The van der Waals surface area contributed by atoms with Crippen LogP contribution in [-0.2, 0) is 15.1 Å². The van der Waals surface area contributed by atoms with Crippen molar-refractivity contribution in [2.45, 2.75) is 69.4 Å². The Labute approximate surface area is 272 Å². The number of ketones is 1. The number of anilines is 2. The Balaban J connectivity index is 1.12. The monoisotopic (exact) mass is 631 g/mol. The molecule has 3 aliphatic carbocycles. The highest BCUT2D eigenvalue weighted by molar-refractivity contribution is 6.00. The molecule has 2 amide bonds. The lowest BCUT2D eigenvalue weighted by Crippen LogP contribution is -2.38. The van der Waals surface area contributed by atoms with Gasteiger partial charge in [-0.15, -0.1) is 0 Å². The number of nitrogens with zero attached hydrogens (tertiary/aromatic N) is 4. The fraction of sp³-hybridized carbons (Fsp3) is 0.389. The predicted octanol–water partition coefficient (Wildman–Crippen LogP) is 6.01. The number of alkyl carbamates (subject to hydrolysis) is 1. The quantitative estimate of drug-likeness (QED) is 0.192. The molecule has 0 spiro atoms. The Morgan fingerprint density at radius 3 is 2.45 bits per heavy atom. The number of Topliss-reactive ketones (excluding diaryl/α,β-unsaturated/α-hetero) is 1. The number of carbonyl (C=O) groups excluding carboxylic acids is 3. The third kappa shape index (κ3) is 6.54. The standard InChI is InChI=1S/C36H37N7O4/c1-47-35(46)42-36(14-15-36)25-6-10-26(11-7-25)40-30-18-31(32-13-12-28-16-23(19-37)20-39-43(28)32)38-21-29(30)34(45)41-27-8-2-22(3-9-27)17-33(44)24-4-5-24/h6-7,10-13,16,18,20-22,24,27H,2-5,8-9,14-15,17H2,1H3,(H,38,40)(H,41,45)(H,42,46). The molecule has 4 aromatic rings. The maximum atomic E-state index is 13.7. The Morgan fingerprint density at radius 1 is 1.00 bits per heavy atom. The molecular formula is C36H37N7O4. The van der Waals surface area contributed by atoms with E-state index in [1.165, 1.54) is 13.3 Å². The number of ether oxygens (including phenoxy) is 1. The lowest BCUT2D eigenvalue weighted by molar-refractivity contribution is -0.121.